The summed E-state index contributed by atoms with van der Waals surface area (Å²) in [6.07, 6.45) is -13.7. The summed E-state index contributed by atoms with van der Waals surface area (Å²) in [5.74, 6) is -3.13. The fourth-order valence-electron chi connectivity index (χ4n) is 4.72. The lowest BCUT2D eigenvalue weighted by Crippen LogP contribution is -2.59. The molecule has 15 nitrogen and oxygen atoms in total. The minimum atomic E-state index is -1.77. The van der Waals surface area contributed by atoms with E-state index < -0.39 is 101 Å². The number of hydrogen-bond acceptors (Lipinski definition) is 15. The van der Waals surface area contributed by atoms with Crippen LogP contribution in [-0.4, -0.2) is 108 Å². The van der Waals surface area contributed by atoms with Crippen molar-refractivity contribution >= 4 is 11.0 Å². The molecule has 2 aliphatic rings. The molecule has 2 aromatic carbocycles. The third-order valence-corrected chi connectivity index (χ3v) is 6.96. The van der Waals surface area contributed by atoms with Gasteiger partial charge < -0.3 is 69.3 Å². The number of fused-ring (bicyclic) bond motifs is 1. The maximum absolute atomic E-state index is 13.6. The van der Waals surface area contributed by atoms with Gasteiger partial charge in [0.05, 0.1) is 12.7 Å². The highest BCUT2D eigenvalue weighted by molar-refractivity contribution is 5.88. The number of aliphatic hydroxyl groups excluding tert-OH is 5. The first-order chi connectivity index (χ1) is 19.4. The quantitative estimate of drug-likeness (QED) is 0.158. The van der Waals surface area contributed by atoms with Crippen LogP contribution in [0.2, 0.25) is 0 Å². The van der Waals surface area contributed by atoms with Crippen molar-refractivity contribution in [1.82, 2.24) is 0 Å². The van der Waals surface area contributed by atoms with Gasteiger partial charge in [-0.2, -0.15) is 0 Å². The molecule has 3 aromatic rings. The summed E-state index contributed by atoms with van der Waals surface area (Å²) in [5, 5.41) is 90.7. The number of benzene rings is 2. The van der Waals surface area contributed by atoms with Gasteiger partial charge in [0.25, 0.3) is 0 Å². The molecular weight excluding hydrogens is 552 g/mol. The normalized spacial score (nSPS) is 31.9. The molecule has 0 radical (unpaired) electrons. The van der Waals surface area contributed by atoms with Gasteiger partial charge >= 0.3 is 0 Å². The summed E-state index contributed by atoms with van der Waals surface area (Å²) in [4.78, 5) is 13.6. The second-order valence-corrected chi connectivity index (χ2v) is 9.75. The summed E-state index contributed by atoms with van der Waals surface area (Å²) in [5.41, 5.74) is -1.24. The molecule has 222 valence electrons. The van der Waals surface area contributed by atoms with E-state index in [0.717, 1.165) is 24.3 Å². The van der Waals surface area contributed by atoms with Crippen LogP contribution < -0.4 is 10.2 Å². The zero-order valence-corrected chi connectivity index (χ0v) is 21.3. The number of ether oxygens (including phenoxy) is 4. The second kappa shape index (κ2) is 11.0. The van der Waals surface area contributed by atoms with E-state index in [0.29, 0.717) is 0 Å². The predicted octanol–water partition coefficient (Wildman–Crippen LogP) is -1.05. The summed E-state index contributed by atoms with van der Waals surface area (Å²) < 4.78 is 28.3. The Balaban J connectivity index is 1.59. The van der Waals surface area contributed by atoms with Gasteiger partial charge in [-0.15, -0.1) is 0 Å². The Hall–Kier alpha value is -3.67. The highest BCUT2D eigenvalue weighted by atomic mass is 16.8. The van der Waals surface area contributed by atoms with E-state index in [9.17, 15) is 50.8 Å². The molecule has 0 unspecified atom stereocenters. The zero-order chi connectivity index (χ0) is 29.7. The van der Waals surface area contributed by atoms with Crippen molar-refractivity contribution in [1.29, 1.82) is 0 Å². The third kappa shape index (κ3) is 5.13. The molecule has 41 heavy (non-hydrogen) atoms. The molecule has 3 heterocycles. The molecule has 0 amide bonds. The topological polar surface area (TPSA) is 249 Å². The van der Waals surface area contributed by atoms with Crippen molar-refractivity contribution in [2.45, 2.75) is 62.2 Å². The van der Waals surface area contributed by atoms with Crippen molar-refractivity contribution in [3.8, 4) is 40.1 Å². The number of rotatable bonds is 6. The standard InChI is InChI=1S/C26H28O15/c1-8-17(32)20(35)21(36)25(37-8)41-24-18(33)15(7-27)39-26(24)40-23-19(34)16-13(31)5-10(28)6-14(16)38-22(23)9-2-3-11(29)12(30)4-9/h2-6,8,15,17-18,20-21,24-33,35-36H,7H2,1H3/t8-,15+,17-,18-,20-,21-,24-,25+,26+/m1/s1. The van der Waals surface area contributed by atoms with E-state index in [2.05, 4.69) is 0 Å². The first kappa shape index (κ1) is 28.8. The van der Waals surface area contributed by atoms with Crippen molar-refractivity contribution in [3.63, 3.8) is 0 Å². The fourth-order valence-corrected chi connectivity index (χ4v) is 4.72. The van der Waals surface area contributed by atoms with Crippen molar-refractivity contribution in [2.75, 3.05) is 6.61 Å². The summed E-state index contributed by atoms with van der Waals surface area (Å²) in [7, 11) is 0. The monoisotopic (exact) mass is 580 g/mol. The molecule has 1 aromatic heterocycles. The van der Waals surface area contributed by atoms with Crippen LogP contribution in [-0.2, 0) is 14.2 Å². The largest absolute Gasteiger partial charge is 0.508 e. The molecular formula is C26H28O15. The summed E-state index contributed by atoms with van der Waals surface area (Å²) in [6.45, 7) is 0.684. The van der Waals surface area contributed by atoms with Crippen LogP contribution >= 0.6 is 0 Å². The number of phenols is 4. The number of hydrogen-bond donors (Lipinski definition) is 9. The van der Waals surface area contributed by atoms with Gasteiger partial charge in [-0.1, -0.05) is 0 Å². The molecule has 0 aliphatic carbocycles. The lowest BCUT2D eigenvalue weighted by molar-refractivity contribution is -0.316. The Morgan fingerprint density at radius 2 is 1.56 bits per heavy atom. The maximum Gasteiger partial charge on any atom is 0.239 e. The molecule has 9 N–H and O–H groups in total. The molecule has 0 saturated carbocycles. The van der Waals surface area contributed by atoms with Gasteiger partial charge in [-0.3, -0.25) is 4.79 Å². The van der Waals surface area contributed by atoms with E-state index in [1.165, 1.54) is 13.0 Å². The number of aromatic hydroxyl groups is 4. The predicted molar refractivity (Wildman–Crippen MR) is 134 cm³/mol. The van der Waals surface area contributed by atoms with E-state index in [4.69, 9.17) is 23.4 Å². The molecule has 0 bridgehead atoms. The van der Waals surface area contributed by atoms with Gasteiger partial charge in [0, 0.05) is 17.7 Å². The summed E-state index contributed by atoms with van der Waals surface area (Å²) in [6, 6.07) is 5.36. The van der Waals surface area contributed by atoms with Crippen LogP contribution in [0.15, 0.2) is 39.5 Å². The average Bonchev–Trinajstić information content (AvgIpc) is 3.22. The van der Waals surface area contributed by atoms with Gasteiger partial charge in [-0.25, -0.2) is 0 Å². The van der Waals surface area contributed by atoms with Gasteiger partial charge in [-0.05, 0) is 25.1 Å². The van der Waals surface area contributed by atoms with E-state index in [-0.39, 0.29) is 16.9 Å². The minimum absolute atomic E-state index is 0.00354. The highest BCUT2D eigenvalue weighted by Crippen LogP contribution is 2.40. The molecule has 2 fully saturated rings. The van der Waals surface area contributed by atoms with Gasteiger partial charge in [0.2, 0.25) is 17.5 Å². The second-order valence-electron chi connectivity index (χ2n) is 9.75. The van der Waals surface area contributed by atoms with E-state index >= 15 is 0 Å². The van der Waals surface area contributed by atoms with E-state index in [1.54, 1.807) is 0 Å². The minimum Gasteiger partial charge on any atom is -0.508 e. The molecule has 2 saturated heterocycles. The molecule has 0 spiro atoms. The first-order valence-electron chi connectivity index (χ1n) is 12.4. The Bertz CT molecular complexity index is 1490. The Kier molecular flexibility index (Phi) is 7.71. The zero-order valence-electron chi connectivity index (χ0n) is 21.3. The Morgan fingerprint density at radius 3 is 2.24 bits per heavy atom. The smallest absolute Gasteiger partial charge is 0.239 e. The Labute approximate surface area is 230 Å². The summed E-state index contributed by atoms with van der Waals surface area (Å²) >= 11 is 0. The molecule has 15 heteroatoms. The van der Waals surface area contributed by atoms with Crippen LogP contribution in [0.4, 0.5) is 0 Å². The van der Waals surface area contributed by atoms with Crippen molar-refractivity contribution < 1.29 is 69.3 Å². The van der Waals surface area contributed by atoms with Crippen LogP contribution in [0.25, 0.3) is 22.3 Å². The maximum atomic E-state index is 13.6. The molecule has 9 atom stereocenters. The first-order valence-corrected chi connectivity index (χ1v) is 12.4. The Morgan fingerprint density at radius 1 is 0.829 bits per heavy atom. The van der Waals surface area contributed by atoms with Crippen molar-refractivity contribution in [2.24, 2.45) is 0 Å². The van der Waals surface area contributed by atoms with Crippen LogP contribution in [0, 0.1) is 0 Å². The molecule has 5 rings (SSSR count). The van der Waals surface area contributed by atoms with Gasteiger partial charge in [0.15, 0.2) is 29.7 Å². The highest BCUT2D eigenvalue weighted by Gasteiger charge is 2.51. The third-order valence-electron chi connectivity index (χ3n) is 6.96. The van der Waals surface area contributed by atoms with E-state index in [1.807, 2.05) is 0 Å². The van der Waals surface area contributed by atoms with Crippen LogP contribution in [0.1, 0.15) is 6.92 Å². The lowest BCUT2D eigenvalue weighted by atomic mass is 10.00. The van der Waals surface area contributed by atoms with Gasteiger partial charge in [0.1, 0.15) is 53.0 Å². The average molecular weight is 580 g/mol. The SMILES string of the molecule is C[C@H]1O[C@@H](O[C@H]2[C@H](Oc3c(-c4ccc(O)c(O)c4)oc4cc(O)cc(O)c4c3=O)O[C@@H](CO)[C@H]2O)[C@H](O)[C@H](O)[C@@H]1O. The van der Waals surface area contributed by atoms with Crippen LogP contribution in [0.3, 0.4) is 0 Å². The number of phenolic OH excluding ortho intramolecular Hbond substituents is 4. The number of aliphatic hydroxyl groups is 5. The van der Waals surface area contributed by atoms with Crippen molar-refractivity contribution in [3.05, 3.63) is 40.6 Å². The van der Waals surface area contributed by atoms with Crippen LogP contribution in [0.5, 0.6) is 28.7 Å². The fraction of sp³-hybridized carbons (Fsp3) is 0.423. The molecule has 2 aliphatic heterocycles. The lowest BCUT2D eigenvalue weighted by Gasteiger charge is -2.40.